The molecule has 0 bridgehead atoms. The van der Waals surface area contributed by atoms with Crippen LogP contribution in [0.15, 0.2) is 24.3 Å². The zero-order valence-corrected chi connectivity index (χ0v) is 14.3. The van der Waals surface area contributed by atoms with Gasteiger partial charge in [-0.1, -0.05) is 37.5 Å². The fraction of sp³-hybridized carbons (Fsp3) is 0.579. The molecule has 2 aliphatic rings. The van der Waals surface area contributed by atoms with E-state index in [9.17, 15) is 9.59 Å². The van der Waals surface area contributed by atoms with Crippen molar-refractivity contribution < 1.29 is 14.3 Å². The van der Waals surface area contributed by atoms with E-state index in [4.69, 9.17) is 4.74 Å². The first kappa shape index (κ1) is 16.8. The monoisotopic (exact) mass is 330 g/mol. The van der Waals surface area contributed by atoms with Gasteiger partial charge in [-0.25, -0.2) is 0 Å². The summed E-state index contributed by atoms with van der Waals surface area (Å²) in [7, 11) is 1.62. The quantitative estimate of drug-likeness (QED) is 0.902. The molecular weight excluding hydrogens is 304 g/mol. The Hall–Kier alpha value is -2.04. The Morgan fingerprint density at radius 3 is 2.75 bits per heavy atom. The number of hydrogen-bond acceptors (Lipinski definition) is 3. The number of amides is 2. The number of nitrogens with zero attached hydrogens (tertiary/aromatic N) is 1. The van der Waals surface area contributed by atoms with E-state index in [1.807, 2.05) is 29.2 Å². The maximum atomic E-state index is 12.5. The van der Waals surface area contributed by atoms with Gasteiger partial charge < -0.3 is 15.0 Å². The minimum Gasteiger partial charge on any atom is -0.496 e. The Balaban J connectivity index is 1.55. The lowest BCUT2D eigenvalue weighted by Gasteiger charge is -2.31. The zero-order chi connectivity index (χ0) is 16.9. The van der Waals surface area contributed by atoms with Crippen LogP contribution in [0.1, 0.15) is 44.1 Å². The third-order valence-electron chi connectivity index (χ3n) is 5.19. The molecule has 1 saturated heterocycles. The van der Waals surface area contributed by atoms with Gasteiger partial charge in [0.25, 0.3) is 0 Å². The summed E-state index contributed by atoms with van der Waals surface area (Å²) in [6, 6.07) is 7.99. The molecule has 5 nitrogen and oxygen atoms in total. The number of benzene rings is 1. The third kappa shape index (κ3) is 3.71. The SMILES string of the molecule is COc1ccccc1CNC(=O)C1CC(=O)N(C2CCCCC2)C1. The molecule has 0 aromatic heterocycles. The van der Waals surface area contributed by atoms with Crippen molar-refractivity contribution in [1.82, 2.24) is 10.2 Å². The van der Waals surface area contributed by atoms with Crippen LogP contribution >= 0.6 is 0 Å². The van der Waals surface area contributed by atoms with Gasteiger partial charge in [0.05, 0.1) is 13.0 Å². The van der Waals surface area contributed by atoms with Gasteiger partial charge in [0.15, 0.2) is 0 Å². The summed E-state index contributed by atoms with van der Waals surface area (Å²) in [6.45, 7) is 0.998. The summed E-state index contributed by atoms with van der Waals surface area (Å²) < 4.78 is 5.30. The zero-order valence-electron chi connectivity index (χ0n) is 14.3. The summed E-state index contributed by atoms with van der Waals surface area (Å²) in [4.78, 5) is 26.7. The number of rotatable bonds is 5. The van der Waals surface area contributed by atoms with Gasteiger partial charge >= 0.3 is 0 Å². The summed E-state index contributed by atoms with van der Waals surface area (Å²) in [5.41, 5.74) is 0.946. The normalized spacial score (nSPS) is 21.8. The molecule has 1 unspecified atom stereocenters. The molecular formula is C19H26N2O3. The standard InChI is InChI=1S/C19H26N2O3/c1-24-17-10-6-5-7-14(17)12-20-19(23)15-11-18(22)21(13-15)16-8-3-2-4-9-16/h5-7,10,15-16H,2-4,8-9,11-13H2,1H3,(H,20,23). The average molecular weight is 330 g/mol. The minimum atomic E-state index is -0.228. The highest BCUT2D eigenvalue weighted by Gasteiger charge is 2.37. The number of methoxy groups -OCH3 is 1. The first-order chi connectivity index (χ1) is 11.7. The summed E-state index contributed by atoms with van der Waals surface area (Å²) >= 11 is 0. The van der Waals surface area contributed by atoms with Crippen molar-refractivity contribution in [3.05, 3.63) is 29.8 Å². The van der Waals surface area contributed by atoms with Crippen LogP contribution in [-0.2, 0) is 16.1 Å². The second-order valence-corrected chi connectivity index (χ2v) is 6.77. The maximum Gasteiger partial charge on any atom is 0.225 e. The summed E-state index contributed by atoms with van der Waals surface area (Å²) in [6.07, 6.45) is 6.16. The average Bonchev–Trinajstić information content (AvgIpc) is 3.02. The topological polar surface area (TPSA) is 58.6 Å². The third-order valence-corrected chi connectivity index (χ3v) is 5.19. The highest BCUT2D eigenvalue weighted by molar-refractivity contribution is 5.89. The van der Waals surface area contributed by atoms with Gasteiger partial charge in [-0.3, -0.25) is 9.59 Å². The molecule has 1 aromatic rings. The number of hydrogen-bond donors (Lipinski definition) is 1. The fourth-order valence-corrected chi connectivity index (χ4v) is 3.83. The molecule has 3 rings (SSSR count). The lowest BCUT2D eigenvalue weighted by Crippen LogP contribution is -2.39. The van der Waals surface area contributed by atoms with Crippen LogP contribution in [0.5, 0.6) is 5.75 Å². The molecule has 2 fully saturated rings. The summed E-state index contributed by atoms with van der Waals surface area (Å²) in [5.74, 6) is 0.644. The van der Waals surface area contributed by atoms with Crippen molar-refractivity contribution in [2.45, 2.75) is 51.1 Å². The fourth-order valence-electron chi connectivity index (χ4n) is 3.83. The van der Waals surface area contributed by atoms with Gasteiger partial charge in [-0.05, 0) is 18.9 Å². The Morgan fingerprint density at radius 1 is 1.25 bits per heavy atom. The number of carbonyl (C=O) groups is 2. The van der Waals surface area contributed by atoms with Crippen molar-refractivity contribution in [3.63, 3.8) is 0 Å². The van der Waals surface area contributed by atoms with E-state index >= 15 is 0 Å². The number of ether oxygens (including phenoxy) is 1. The largest absolute Gasteiger partial charge is 0.496 e. The Bertz CT molecular complexity index is 596. The highest BCUT2D eigenvalue weighted by Crippen LogP contribution is 2.28. The Morgan fingerprint density at radius 2 is 2.00 bits per heavy atom. The number of nitrogens with one attached hydrogen (secondary N) is 1. The van der Waals surface area contributed by atoms with Crippen LogP contribution in [0.3, 0.4) is 0 Å². The van der Waals surface area contributed by atoms with Gasteiger partial charge in [0.1, 0.15) is 5.75 Å². The lowest BCUT2D eigenvalue weighted by molar-refractivity contribution is -0.130. The van der Waals surface area contributed by atoms with Gasteiger partial charge in [-0.2, -0.15) is 0 Å². The number of para-hydroxylation sites is 1. The van der Waals surface area contributed by atoms with E-state index in [2.05, 4.69) is 5.32 Å². The first-order valence-corrected chi connectivity index (χ1v) is 8.88. The predicted octanol–water partition coefficient (Wildman–Crippen LogP) is 2.49. The van der Waals surface area contributed by atoms with Crippen LogP contribution in [0.4, 0.5) is 0 Å². The van der Waals surface area contributed by atoms with E-state index in [-0.39, 0.29) is 17.7 Å². The lowest BCUT2D eigenvalue weighted by atomic mass is 9.94. The number of likely N-dealkylation sites (tertiary alicyclic amines) is 1. The molecule has 0 radical (unpaired) electrons. The molecule has 1 heterocycles. The van der Waals surface area contributed by atoms with E-state index in [1.54, 1.807) is 7.11 Å². The van der Waals surface area contributed by atoms with Crippen molar-refractivity contribution in [2.24, 2.45) is 5.92 Å². The molecule has 2 amide bonds. The predicted molar refractivity (Wildman–Crippen MR) is 91.5 cm³/mol. The van der Waals surface area contributed by atoms with Gasteiger partial charge in [0, 0.05) is 31.1 Å². The van der Waals surface area contributed by atoms with Gasteiger partial charge in [0.2, 0.25) is 11.8 Å². The highest BCUT2D eigenvalue weighted by atomic mass is 16.5. The van der Waals surface area contributed by atoms with E-state index in [0.29, 0.717) is 25.6 Å². The van der Waals surface area contributed by atoms with E-state index in [1.165, 1.54) is 19.3 Å². The van der Waals surface area contributed by atoms with Crippen molar-refractivity contribution >= 4 is 11.8 Å². The second-order valence-electron chi connectivity index (χ2n) is 6.77. The number of carbonyl (C=O) groups excluding carboxylic acids is 2. The molecule has 1 aliphatic carbocycles. The van der Waals surface area contributed by atoms with Crippen LogP contribution < -0.4 is 10.1 Å². The molecule has 1 N–H and O–H groups in total. The smallest absolute Gasteiger partial charge is 0.225 e. The second kappa shape index (κ2) is 7.69. The molecule has 0 spiro atoms. The van der Waals surface area contributed by atoms with Crippen molar-refractivity contribution in [3.8, 4) is 5.75 Å². The van der Waals surface area contributed by atoms with Crippen molar-refractivity contribution in [2.75, 3.05) is 13.7 Å². The maximum absolute atomic E-state index is 12.5. The van der Waals surface area contributed by atoms with Crippen molar-refractivity contribution in [1.29, 1.82) is 0 Å². The molecule has 24 heavy (non-hydrogen) atoms. The minimum absolute atomic E-state index is 0.0347. The van der Waals surface area contributed by atoms with Crippen LogP contribution in [-0.4, -0.2) is 36.4 Å². The summed E-state index contributed by atoms with van der Waals surface area (Å²) in [5, 5.41) is 2.96. The van der Waals surface area contributed by atoms with Crippen LogP contribution in [0.2, 0.25) is 0 Å². The van der Waals surface area contributed by atoms with E-state index in [0.717, 1.165) is 24.2 Å². The molecule has 5 heteroatoms. The van der Waals surface area contributed by atoms with Gasteiger partial charge in [-0.15, -0.1) is 0 Å². The Labute approximate surface area is 143 Å². The van der Waals surface area contributed by atoms with Crippen LogP contribution in [0, 0.1) is 5.92 Å². The first-order valence-electron chi connectivity index (χ1n) is 8.88. The van der Waals surface area contributed by atoms with Crippen LogP contribution in [0.25, 0.3) is 0 Å². The Kier molecular flexibility index (Phi) is 5.38. The molecule has 1 aliphatic heterocycles. The molecule has 1 aromatic carbocycles. The van der Waals surface area contributed by atoms with E-state index < -0.39 is 0 Å². The molecule has 1 atom stereocenters. The molecule has 1 saturated carbocycles. The molecule has 130 valence electrons.